The van der Waals surface area contributed by atoms with Gasteiger partial charge in [-0.2, -0.15) is 0 Å². The Balaban J connectivity index is 2.36. The fourth-order valence-corrected chi connectivity index (χ4v) is 2.81. The van der Waals surface area contributed by atoms with Crippen molar-refractivity contribution in [2.75, 3.05) is 0 Å². The predicted molar refractivity (Wildman–Crippen MR) is 87.0 cm³/mol. The number of aromatic hydroxyl groups is 1. The van der Waals surface area contributed by atoms with E-state index in [1.54, 1.807) is 18.2 Å². The summed E-state index contributed by atoms with van der Waals surface area (Å²) in [5.41, 5.74) is 3.94. The van der Waals surface area contributed by atoms with Crippen molar-refractivity contribution in [3.05, 3.63) is 47.0 Å². The summed E-state index contributed by atoms with van der Waals surface area (Å²) >= 11 is 6.30. The van der Waals surface area contributed by atoms with Gasteiger partial charge in [-0.15, -0.1) is 0 Å². The van der Waals surface area contributed by atoms with E-state index in [1.807, 2.05) is 0 Å². The van der Waals surface area contributed by atoms with Gasteiger partial charge in [0, 0.05) is 11.6 Å². The van der Waals surface area contributed by atoms with Gasteiger partial charge in [-0.25, -0.2) is 4.98 Å². The summed E-state index contributed by atoms with van der Waals surface area (Å²) in [5.74, 6) is 0.972. The number of rotatable bonds is 2. The minimum atomic E-state index is 0.188. The molecule has 108 valence electrons. The number of fused-ring (bicyclic) bond motifs is 1. The van der Waals surface area contributed by atoms with E-state index in [9.17, 15) is 5.11 Å². The number of nitrogens with zero attached hydrogens (tertiary/aromatic N) is 2. The van der Waals surface area contributed by atoms with Crippen LogP contribution in [0.1, 0.15) is 25.5 Å². The monoisotopic (exact) mass is 300 g/mol. The van der Waals surface area contributed by atoms with Crippen molar-refractivity contribution in [1.82, 2.24) is 9.55 Å². The summed E-state index contributed by atoms with van der Waals surface area (Å²) in [7, 11) is 0. The predicted octanol–water partition coefficient (Wildman–Crippen LogP) is 4.95. The van der Waals surface area contributed by atoms with Crippen LogP contribution in [-0.2, 0) is 0 Å². The number of imidazole rings is 1. The van der Waals surface area contributed by atoms with Gasteiger partial charge in [0.15, 0.2) is 0 Å². The van der Waals surface area contributed by atoms with E-state index in [-0.39, 0.29) is 11.8 Å². The fourth-order valence-electron chi connectivity index (χ4n) is 2.61. The molecule has 0 aliphatic rings. The van der Waals surface area contributed by atoms with Gasteiger partial charge in [-0.1, -0.05) is 17.7 Å². The molecule has 21 heavy (non-hydrogen) atoms. The molecule has 2 aromatic carbocycles. The van der Waals surface area contributed by atoms with Crippen LogP contribution in [0.2, 0.25) is 5.02 Å². The number of phenolic OH excluding ortho intramolecular Hbond substituents is 1. The Hall–Kier alpha value is -2.00. The number of hydrogen-bond acceptors (Lipinski definition) is 2. The molecule has 0 aliphatic heterocycles. The van der Waals surface area contributed by atoms with Crippen molar-refractivity contribution in [1.29, 1.82) is 0 Å². The summed E-state index contributed by atoms with van der Waals surface area (Å²) in [6, 6.07) is 11.4. The Bertz CT molecular complexity index is 821. The highest BCUT2D eigenvalue weighted by Gasteiger charge is 2.17. The minimum absolute atomic E-state index is 0.188. The van der Waals surface area contributed by atoms with Gasteiger partial charge < -0.3 is 9.67 Å². The highest BCUT2D eigenvalue weighted by molar-refractivity contribution is 6.33. The second kappa shape index (κ2) is 5.08. The molecule has 0 unspecified atom stereocenters. The number of hydrogen-bond donors (Lipinski definition) is 1. The third-order valence-electron chi connectivity index (χ3n) is 3.55. The van der Waals surface area contributed by atoms with Crippen LogP contribution in [0.3, 0.4) is 0 Å². The van der Waals surface area contributed by atoms with Gasteiger partial charge >= 0.3 is 0 Å². The summed E-state index contributed by atoms with van der Waals surface area (Å²) in [6.45, 7) is 6.27. The summed E-state index contributed by atoms with van der Waals surface area (Å²) < 4.78 is 2.15. The second-order valence-corrected chi connectivity index (χ2v) is 5.96. The molecule has 0 saturated carbocycles. The summed E-state index contributed by atoms with van der Waals surface area (Å²) in [6.07, 6.45) is 0. The average Bonchev–Trinajstić information content (AvgIpc) is 2.79. The van der Waals surface area contributed by atoms with Gasteiger partial charge in [0.1, 0.15) is 11.6 Å². The second-order valence-electron chi connectivity index (χ2n) is 5.56. The van der Waals surface area contributed by atoms with E-state index in [1.165, 1.54) is 5.56 Å². The smallest absolute Gasteiger partial charge is 0.143 e. The summed E-state index contributed by atoms with van der Waals surface area (Å²) in [5, 5.41) is 10.3. The number of aromatic nitrogens is 2. The van der Waals surface area contributed by atoms with E-state index in [2.05, 4.69) is 43.5 Å². The Morgan fingerprint density at radius 3 is 2.62 bits per heavy atom. The maximum atomic E-state index is 9.75. The Morgan fingerprint density at radius 1 is 1.14 bits per heavy atom. The molecule has 4 heteroatoms. The van der Waals surface area contributed by atoms with Crippen LogP contribution in [0.4, 0.5) is 0 Å². The molecule has 1 N–H and O–H groups in total. The topological polar surface area (TPSA) is 38.1 Å². The molecular weight excluding hydrogens is 284 g/mol. The molecule has 3 rings (SSSR count). The molecule has 0 aliphatic carbocycles. The molecule has 0 atom stereocenters. The first-order chi connectivity index (χ1) is 9.97. The zero-order chi connectivity index (χ0) is 15.1. The molecule has 0 saturated heterocycles. The molecule has 0 bridgehead atoms. The van der Waals surface area contributed by atoms with Crippen LogP contribution in [0.15, 0.2) is 36.4 Å². The lowest BCUT2D eigenvalue weighted by Gasteiger charge is -2.14. The van der Waals surface area contributed by atoms with Crippen molar-refractivity contribution in [2.24, 2.45) is 0 Å². The quantitative estimate of drug-likeness (QED) is 0.727. The lowest BCUT2D eigenvalue weighted by molar-refractivity contribution is 0.475. The SMILES string of the molecule is Cc1ccc2c(c1)nc(-c1cc(O)ccc1Cl)n2C(C)C. The third-order valence-corrected chi connectivity index (χ3v) is 3.88. The van der Waals surface area contributed by atoms with Gasteiger partial charge in [0.25, 0.3) is 0 Å². The molecule has 0 fully saturated rings. The highest BCUT2D eigenvalue weighted by Crippen LogP contribution is 2.34. The first kappa shape index (κ1) is 14.0. The van der Waals surface area contributed by atoms with E-state index < -0.39 is 0 Å². The van der Waals surface area contributed by atoms with E-state index in [4.69, 9.17) is 16.6 Å². The molecule has 3 nitrogen and oxygen atoms in total. The van der Waals surface area contributed by atoms with Crippen LogP contribution in [0.25, 0.3) is 22.4 Å². The summed E-state index contributed by atoms with van der Waals surface area (Å²) in [4.78, 5) is 4.73. The van der Waals surface area contributed by atoms with Crippen LogP contribution >= 0.6 is 11.6 Å². The Kier molecular flexibility index (Phi) is 3.38. The van der Waals surface area contributed by atoms with E-state index in [0.29, 0.717) is 5.02 Å². The Labute approximate surface area is 128 Å². The van der Waals surface area contributed by atoms with Crippen molar-refractivity contribution in [2.45, 2.75) is 26.8 Å². The third kappa shape index (κ3) is 2.38. The molecule has 0 spiro atoms. The number of halogens is 1. The highest BCUT2D eigenvalue weighted by atomic mass is 35.5. The van der Waals surface area contributed by atoms with Gasteiger partial charge in [0.2, 0.25) is 0 Å². The zero-order valence-electron chi connectivity index (χ0n) is 12.3. The van der Waals surface area contributed by atoms with Crippen molar-refractivity contribution in [3.8, 4) is 17.1 Å². The zero-order valence-corrected chi connectivity index (χ0v) is 13.0. The van der Waals surface area contributed by atoms with Crippen LogP contribution in [-0.4, -0.2) is 14.7 Å². The standard InChI is InChI=1S/C17H17ClN2O/c1-10(2)20-16-7-4-11(3)8-15(16)19-17(20)13-9-12(21)5-6-14(13)18/h4-10,21H,1-3H3. The number of phenols is 1. The van der Waals surface area contributed by atoms with Crippen LogP contribution in [0, 0.1) is 6.92 Å². The fraction of sp³-hybridized carbons (Fsp3) is 0.235. The van der Waals surface area contributed by atoms with Gasteiger partial charge in [-0.3, -0.25) is 0 Å². The maximum absolute atomic E-state index is 9.75. The van der Waals surface area contributed by atoms with E-state index in [0.717, 1.165) is 22.4 Å². The van der Waals surface area contributed by atoms with Crippen LogP contribution in [0.5, 0.6) is 5.75 Å². The minimum Gasteiger partial charge on any atom is -0.508 e. The molecule has 1 aromatic heterocycles. The lowest BCUT2D eigenvalue weighted by atomic mass is 10.2. The lowest BCUT2D eigenvalue weighted by Crippen LogP contribution is -2.03. The molecular formula is C17H17ClN2O. The first-order valence-corrected chi connectivity index (χ1v) is 7.32. The van der Waals surface area contributed by atoms with Crippen molar-refractivity contribution >= 4 is 22.6 Å². The van der Waals surface area contributed by atoms with Crippen LogP contribution < -0.4 is 0 Å². The Morgan fingerprint density at radius 2 is 1.90 bits per heavy atom. The number of benzene rings is 2. The average molecular weight is 301 g/mol. The normalized spacial score (nSPS) is 11.5. The molecule has 0 radical (unpaired) electrons. The van der Waals surface area contributed by atoms with E-state index >= 15 is 0 Å². The van der Waals surface area contributed by atoms with Gasteiger partial charge in [0.05, 0.1) is 16.1 Å². The largest absolute Gasteiger partial charge is 0.508 e. The maximum Gasteiger partial charge on any atom is 0.143 e. The van der Waals surface area contributed by atoms with Gasteiger partial charge in [-0.05, 0) is 56.7 Å². The first-order valence-electron chi connectivity index (χ1n) is 6.95. The molecule has 0 amide bonds. The molecule has 3 aromatic rings. The molecule has 1 heterocycles. The van der Waals surface area contributed by atoms with Crippen molar-refractivity contribution in [3.63, 3.8) is 0 Å². The number of aryl methyl sites for hydroxylation is 1. The van der Waals surface area contributed by atoms with Crippen molar-refractivity contribution < 1.29 is 5.11 Å².